The quantitative estimate of drug-likeness (QED) is 0.645. The number of nitrogens with one attached hydrogen (secondary N) is 1. The standard InChI is InChI=1S/C11H16N2.C5H10O2/c12-11-5-3-9(4-6-11)10-2-1-7-13-8-10;1-5(2,3)7-4-6/h3-6,10,13H,1-2,7-8,12H2;4H,1-3H3. The Labute approximate surface area is 121 Å². The molecule has 4 nitrogen and oxygen atoms in total. The lowest BCUT2D eigenvalue weighted by Gasteiger charge is -2.23. The number of hydrogen-bond acceptors (Lipinski definition) is 4. The van der Waals surface area contributed by atoms with Crippen molar-refractivity contribution in [1.29, 1.82) is 0 Å². The summed E-state index contributed by atoms with van der Waals surface area (Å²) in [4.78, 5) is 9.60. The van der Waals surface area contributed by atoms with Crippen LogP contribution in [0.3, 0.4) is 0 Å². The van der Waals surface area contributed by atoms with Gasteiger partial charge in [-0.3, -0.25) is 4.79 Å². The summed E-state index contributed by atoms with van der Waals surface area (Å²) in [5.41, 5.74) is 7.60. The van der Waals surface area contributed by atoms with Crippen molar-refractivity contribution in [3.05, 3.63) is 29.8 Å². The molecule has 0 saturated carbocycles. The lowest BCUT2D eigenvalue weighted by atomic mass is 9.92. The lowest BCUT2D eigenvalue weighted by Crippen LogP contribution is -2.28. The summed E-state index contributed by atoms with van der Waals surface area (Å²) in [7, 11) is 0. The Balaban J connectivity index is 0.000000246. The molecule has 112 valence electrons. The van der Waals surface area contributed by atoms with Gasteiger partial charge in [-0.25, -0.2) is 0 Å². The van der Waals surface area contributed by atoms with Gasteiger partial charge in [0.05, 0.1) is 0 Å². The van der Waals surface area contributed by atoms with Gasteiger partial charge in [-0.1, -0.05) is 12.1 Å². The Morgan fingerprint density at radius 1 is 1.30 bits per heavy atom. The van der Waals surface area contributed by atoms with Crippen molar-refractivity contribution in [3.63, 3.8) is 0 Å². The van der Waals surface area contributed by atoms with Crippen LogP contribution in [0.5, 0.6) is 0 Å². The molecule has 3 N–H and O–H groups in total. The van der Waals surface area contributed by atoms with Gasteiger partial charge in [0.15, 0.2) is 0 Å². The predicted molar refractivity (Wildman–Crippen MR) is 82.6 cm³/mol. The van der Waals surface area contributed by atoms with Crippen molar-refractivity contribution in [3.8, 4) is 0 Å². The monoisotopic (exact) mass is 278 g/mol. The maximum Gasteiger partial charge on any atom is 0.293 e. The summed E-state index contributed by atoms with van der Waals surface area (Å²) < 4.78 is 4.55. The van der Waals surface area contributed by atoms with Gasteiger partial charge in [-0.15, -0.1) is 0 Å². The lowest BCUT2D eigenvalue weighted by molar-refractivity contribution is -0.138. The van der Waals surface area contributed by atoms with Crippen LogP contribution < -0.4 is 11.1 Å². The molecule has 0 aliphatic carbocycles. The van der Waals surface area contributed by atoms with Crippen LogP contribution in [-0.4, -0.2) is 25.2 Å². The molecule has 0 amide bonds. The van der Waals surface area contributed by atoms with Gasteiger partial charge in [-0.2, -0.15) is 0 Å². The van der Waals surface area contributed by atoms with Crippen molar-refractivity contribution in [2.75, 3.05) is 18.8 Å². The molecular formula is C16H26N2O2. The molecule has 1 heterocycles. The van der Waals surface area contributed by atoms with E-state index in [1.165, 1.54) is 24.9 Å². The van der Waals surface area contributed by atoms with Crippen LogP contribution in [0, 0.1) is 0 Å². The normalized spacial score (nSPS) is 18.6. The number of nitrogens with two attached hydrogens (primary N) is 1. The van der Waals surface area contributed by atoms with E-state index in [9.17, 15) is 4.79 Å². The highest BCUT2D eigenvalue weighted by Crippen LogP contribution is 2.23. The maximum absolute atomic E-state index is 9.60. The van der Waals surface area contributed by atoms with Gasteiger partial charge in [0.2, 0.25) is 0 Å². The minimum atomic E-state index is -0.318. The molecule has 1 aliphatic rings. The number of carbonyl (C=O) groups excluding carboxylic acids is 1. The number of nitrogen functional groups attached to an aromatic ring is 1. The van der Waals surface area contributed by atoms with Gasteiger partial charge in [0, 0.05) is 12.2 Å². The van der Waals surface area contributed by atoms with Crippen LogP contribution in [0.25, 0.3) is 0 Å². The highest BCUT2D eigenvalue weighted by Gasteiger charge is 2.14. The van der Waals surface area contributed by atoms with Crippen molar-refractivity contribution < 1.29 is 9.53 Å². The van der Waals surface area contributed by atoms with Crippen molar-refractivity contribution in [2.24, 2.45) is 0 Å². The van der Waals surface area contributed by atoms with E-state index in [1.54, 1.807) is 0 Å². The Bertz CT molecular complexity index is 390. The van der Waals surface area contributed by atoms with E-state index < -0.39 is 0 Å². The SMILES string of the molecule is CC(C)(C)OC=O.Nc1ccc(C2CCCNC2)cc1. The zero-order chi connectivity index (χ0) is 15.0. The zero-order valence-corrected chi connectivity index (χ0v) is 12.7. The molecule has 1 saturated heterocycles. The number of piperidine rings is 1. The fraction of sp³-hybridized carbons (Fsp3) is 0.562. The first-order valence-electron chi connectivity index (χ1n) is 7.10. The van der Waals surface area contributed by atoms with E-state index in [4.69, 9.17) is 5.73 Å². The molecule has 0 aromatic heterocycles. The second kappa shape index (κ2) is 7.90. The van der Waals surface area contributed by atoms with Crippen molar-refractivity contribution >= 4 is 12.2 Å². The molecule has 0 bridgehead atoms. The molecule has 1 aliphatic heterocycles. The smallest absolute Gasteiger partial charge is 0.293 e. The van der Waals surface area contributed by atoms with Gasteiger partial charge >= 0.3 is 0 Å². The molecule has 20 heavy (non-hydrogen) atoms. The number of ether oxygens (including phenoxy) is 1. The Morgan fingerprint density at radius 2 is 1.95 bits per heavy atom. The first-order valence-corrected chi connectivity index (χ1v) is 7.10. The number of rotatable bonds is 2. The summed E-state index contributed by atoms with van der Waals surface area (Å²) in [6, 6.07) is 8.27. The fourth-order valence-electron chi connectivity index (χ4n) is 2.05. The molecular weight excluding hydrogens is 252 g/mol. The summed E-state index contributed by atoms with van der Waals surface area (Å²) in [6.07, 6.45) is 2.59. The second-order valence-electron chi connectivity index (χ2n) is 6.04. The summed E-state index contributed by atoms with van der Waals surface area (Å²) >= 11 is 0. The van der Waals surface area contributed by atoms with E-state index in [-0.39, 0.29) is 5.60 Å². The van der Waals surface area contributed by atoms with Crippen molar-refractivity contribution in [1.82, 2.24) is 5.32 Å². The number of anilines is 1. The molecule has 4 heteroatoms. The van der Waals surface area contributed by atoms with Crippen molar-refractivity contribution in [2.45, 2.75) is 45.1 Å². The van der Waals surface area contributed by atoms with E-state index >= 15 is 0 Å². The van der Waals surface area contributed by atoms with Gasteiger partial charge in [0.25, 0.3) is 6.47 Å². The Hall–Kier alpha value is -1.55. The third-order valence-corrected chi connectivity index (χ3v) is 3.11. The van der Waals surface area contributed by atoms with E-state index in [1.807, 2.05) is 32.9 Å². The number of benzene rings is 1. The van der Waals surface area contributed by atoms with Gasteiger partial charge in [-0.05, 0) is 63.8 Å². The van der Waals surface area contributed by atoms with Crippen LogP contribution in [0.1, 0.15) is 45.1 Å². The summed E-state index contributed by atoms with van der Waals surface area (Å²) in [5, 5.41) is 3.42. The van der Waals surface area contributed by atoms with Crippen LogP contribution in [-0.2, 0) is 9.53 Å². The molecule has 0 spiro atoms. The minimum Gasteiger partial charge on any atom is -0.462 e. The van der Waals surface area contributed by atoms with E-state index in [2.05, 4.69) is 22.2 Å². The number of hydrogen-bond donors (Lipinski definition) is 2. The highest BCUT2D eigenvalue weighted by molar-refractivity contribution is 5.40. The van der Waals surface area contributed by atoms with Gasteiger partial charge in [0.1, 0.15) is 5.60 Å². The third-order valence-electron chi connectivity index (χ3n) is 3.11. The highest BCUT2D eigenvalue weighted by atomic mass is 16.5. The molecule has 1 atom stereocenters. The summed E-state index contributed by atoms with van der Waals surface area (Å²) in [6.45, 7) is 8.21. The molecule has 1 fully saturated rings. The molecule has 1 aromatic carbocycles. The largest absolute Gasteiger partial charge is 0.462 e. The van der Waals surface area contributed by atoms with Gasteiger partial charge < -0.3 is 15.8 Å². The molecule has 2 rings (SSSR count). The topological polar surface area (TPSA) is 64.3 Å². The van der Waals surface area contributed by atoms with Crippen LogP contribution in [0.4, 0.5) is 5.69 Å². The molecule has 0 radical (unpaired) electrons. The Kier molecular flexibility index (Phi) is 6.52. The second-order valence-corrected chi connectivity index (χ2v) is 6.04. The average Bonchev–Trinajstić information content (AvgIpc) is 2.40. The first-order chi connectivity index (χ1) is 9.42. The Morgan fingerprint density at radius 3 is 2.35 bits per heavy atom. The average molecular weight is 278 g/mol. The number of carbonyl (C=O) groups is 1. The van der Waals surface area contributed by atoms with Crippen LogP contribution >= 0.6 is 0 Å². The van der Waals surface area contributed by atoms with Crippen LogP contribution in [0.2, 0.25) is 0 Å². The van der Waals surface area contributed by atoms with Crippen LogP contribution in [0.15, 0.2) is 24.3 Å². The van der Waals surface area contributed by atoms with E-state index in [0.717, 1.165) is 12.2 Å². The zero-order valence-electron chi connectivity index (χ0n) is 12.7. The summed E-state index contributed by atoms with van der Waals surface area (Å²) in [5.74, 6) is 0.689. The maximum atomic E-state index is 9.60. The fourth-order valence-corrected chi connectivity index (χ4v) is 2.05. The molecule has 1 unspecified atom stereocenters. The predicted octanol–water partition coefficient (Wildman–Crippen LogP) is 2.69. The minimum absolute atomic E-state index is 0.318. The third kappa shape index (κ3) is 6.57. The van der Waals surface area contributed by atoms with E-state index in [0.29, 0.717) is 12.4 Å². The molecule has 1 aromatic rings. The first kappa shape index (κ1) is 16.5.